The monoisotopic (exact) mass is 490 g/mol. The highest BCUT2D eigenvalue weighted by atomic mass is 16.6. The smallest absolute Gasteiger partial charge is 0.102 e. The zero-order chi connectivity index (χ0) is 25.1. The van der Waals surface area contributed by atoms with E-state index in [4.69, 9.17) is 4.74 Å². The Balaban J connectivity index is 1.30. The molecule has 1 aromatic heterocycles. The fourth-order valence-electron chi connectivity index (χ4n) is 9.38. The van der Waals surface area contributed by atoms with Crippen LogP contribution in [0.4, 0.5) is 0 Å². The van der Waals surface area contributed by atoms with Crippen LogP contribution in [-0.4, -0.2) is 74.4 Å². The lowest BCUT2D eigenvalue weighted by Crippen LogP contribution is -2.73. The summed E-state index contributed by atoms with van der Waals surface area (Å²) in [6, 6.07) is 8.43. The van der Waals surface area contributed by atoms with Crippen LogP contribution in [0.2, 0.25) is 0 Å². The largest absolute Gasteiger partial charge is 0.390 e. The molecule has 3 heterocycles. The van der Waals surface area contributed by atoms with Crippen molar-refractivity contribution in [2.75, 3.05) is 14.1 Å². The Kier molecular flexibility index (Phi) is 4.78. The lowest BCUT2D eigenvalue weighted by atomic mass is 9.51. The van der Waals surface area contributed by atoms with Gasteiger partial charge in [0.1, 0.15) is 5.60 Å². The van der Waals surface area contributed by atoms with E-state index in [9.17, 15) is 15.3 Å². The van der Waals surface area contributed by atoms with Gasteiger partial charge in [-0.3, -0.25) is 4.98 Å². The molecule has 3 N–H and O–H groups in total. The van der Waals surface area contributed by atoms with Crippen molar-refractivity contribution in [2.24, 2.45) is 17.3 Å². The van der Waals surface area contributed by atoms with Gasteiger partial charge in [-0.1, -0.05) is 31.2 Å². The Morgan fingerprint density at radius 2 is 1.86 bits per heavy atom. The lowest BCUT2D eigenvalue weighted by molar-refractivity contribution is -0.331. The zero-order valence-corrected chi connectivity index (χ0v) is 21.5. The molecule has 2 bridgehead atoms. The maximum absolute atomic E-state index is 12.3. The van der Waals surface area contributed by atoms with E-state index in [0.717, 1.165) is 31.1 Å². The van der Waals surface area contributed by atoms with Gasteiger partial charge < -0.3 is 25.0 Å². The van der Waals surface area contributed by atoms with Crippen LogP contribution < -0.4 is 0 Å². The lowest BCUT2D eigenvalue weighted by Gasteiger charge is -2.65. The molecule has 5 aliphatic rings. The third kappa shape index (κ3) is 2.72. The molecule has 6 heteroatoms. The third-order valence-electron chi connectivity index (χ3n) is 11.2. The van der Waals surface area contributed by atoms with E-state index in [-0.39, 0.29) is 23.3 Å². The van der Waals surface area contributed by atoms with E-state index in [1.807, 2.05) is 31.4 Å². The molecule has 3 aliphatic carbocycles. The molecular formula is C30H38N2O4. The minimum atomic E-state index is -0.987. The van der Waals surface area contributed by atoms with E-state index in [0.29, 0.717) is 19.3 Å². The van der Waals surface area contributed by atoms with Gasteiger partial charge in [0.2, 0.25) is 0 Å². The number of likely N-dealkylation sites (N-methyl/N-ethyl adjacent to an activating group) is 1. The van der Waals surface area contributed by atoms with Crippen LogP contribution in [0.15, 0.2) is 42.7 Å². The molecule has 2 saturated heterocycles. The molecule has 9 atom stereocenters. The Morgan fingerprint density at radius 1 is 1.03 bits per heavy atom. The van der Waals surface area contributed by atoms with Gasteiger partial charge >= 0.3 is 0 Å². The summed E-state index contributed by atoms with van der Waals surface area (Å²) in [5.41, 5.74) is 0.436. The number of fused-ring (bicyclic) bond motifs is 2. The normalized spacial score (nSPS) is 47.4. The van der Waals surface area contributed by atoms with Crippen molar-refractivity contribution in [1.82, 2.24) is 9.88 Å². The topological polar surface area (TPSA) is 86.1 Å². The molecule has 2 aromatic rings. The second-order valence-corrected chi connectivity index (χ2v) is 12.8. The van der Waals surface area contributed by atoms with Crippen LogP contribution in [0.1, 0.15) is 57.4 Å². The Labute approximate surface area is 213 Å². The number of pyridine rings is 1. The van der Waals surface area contributed by atoms with Gasteiger partial charge in [-0.25, -0.2) is 0 Å². The molecule has 1 aromatic carbocycles. The van der Waals surface area contributed by atoms with Crippen LogP contribution in [0.3, 0.4) is 0 Å². The molecule has 36 heavy (non-hydrogen) atoms. The summed E-state index contributed by atoms with van der Waals surface area (Å²) in [5, 5.41) is 36.9. The Morgan fingerprint density at radius 3 is 2.67 bits per heavy atom. The molecule has 7 rings (SSSR count). The summed E-state index contributed by atoms with van der Waals surface area (Å²) in [7, 11) is 3.93. The molecule has 2 aliphatic heterocycles. The molecule has 3 unspecified atom stereocenters. The molecule has 0 radical (unpaired) electrons. The standard InChI is InChI=1S/C30H38N2O4/c1-27-10-12-29(35)15-22-25(33)26(34)23(32(2)3)16-28(22)11-13-30(29,36-28)24(27)8-7-21(27)20-6-4-5-18-17-31-14-9-19(18)20/h4-7,9,14,17,22-26,33-35H,8,10-13,15-16H2,1-3H3/t22?,23-,24?,25+,26+,27+,28+,29?,30-/m0/s1. The van der Waals surface area contributed by atoms with Crippen molar-refractivity contribution in [3.8, 4) is 0 Å². The van der Waals surface area contributed by atoms with Gasteiger partial charge in [0.15, 0.2) is 0 Å². The van der Waals surface area contributed by atoms with E-state index in [1.165, 1.54) is 16.5 Å². The van der Waals surface area contributed by atoms with Crippen molar-refractivity contribution in [2.45, 2.75) is 86.9 Å². The summed E-state index contributed by atoms with van der Waals surface area (Å²) < 4.78 is 7.24. The third-order valence-corrected chi connectivity index (χ3v) is 11.2. The molecule has 2 spiro atoms. The fraction of sp³-hybridized carbons (Fsp3) is 0.633. The number of benzene rings is 1. The van der Waals surface area contributed by atoms with Crippen molar-refractivity contribution in [3.05, 3.63) is 48.3 Å². The summed E-state index contributed by atoms with van der Waals surface area (Å²) >= 11 is 0. The average molecular weight is 491 g/mol. The van der Waals surface area contributed by atoms with Gasteiger partial charge in [0, 0.05) is 35.7 Å². The molecule has 2 saturated carbocycles. The van der Waals surface area contributed by atoms with Crippen LogP contribution in [0.5, 0.6) is 0 Å². The number of aliphatic hydroxyl groups is 3. The molecule has 6 nitrogen and oxygen atoms in total. The predicted molar refractivity (Wildman–Crippen MR) is 138 cm³/mol. The number of aromatic nitrogens is 1. The summed E-state index contributed by atoms with van der Waals surface area (Å²) in [6.45, 7) is 2.38. The number of aliphatic hydroxyl groups excluding tert-OH is 2. The molecule has 4 fully saturated rings. The maximum atomic E-state index is 12.3. The van der Waals surface area contributed by atoms with Gasteiger partial charge in [-0.05, 0) is 87.0 Å². The number of hydrogen-bond acceptors (Lipinski definition) is 6. The fourth-order valence-corrected chi connectivity index (χ4v) is 9.38. The minimum Gasteiger partial charge on any atom is -0.390 e. The van der Waals surface area contributed by atoms with Crippen LogP contribution >= 0.6 is 0 Å². The highest BCUT2D eigenvalue weighted by Gasteiger charge is 2.76. The van der Waals surface area contributed by atoms with E-state index < -0.39 is 29.0 Å². The quantitative estimate of drug-likeness (QED) is 0.597. The molecule has 192 valence electrons. The summed E-state index contributed by atoms with van der Waals surface area (Å²) in [4.78, 5) is 6.34. The average Bonchev–Trinajstić information content (AvgIpc) is 3.39. The van der Waals surface area contributed by atoms with E-state index in [1.54, 1.807) is 0 Å². The second kappa shape index (κ2) is 7.39. The van der Waals surface area contributed by atoms with Crippen molar-refractivity contribution in [3.63, 3.8) is 0 Å². The van der Waals surface area contributed by atoms with Gasteiger partial charge in [-0.15, -0.1) is 0 Å². The highest BCUT2D eigenvalue weighted by molar-refractivity contribution is 5.95. The number of nitrogens with zero attached hydrogens (tertiary/aromatic N) is 2. The van der Waals surface area contributed by atoms with Gasteiger partial charge in [0.05, 0.1) is 23.4 Å². The Hall–Kier alpha value is -1.83. The first kappa shape index (κ1) is 23.3. The first-order valence-corrected chi connectivity index (χ1v) is 13.6. The van der Waals surface area contributed by atoms with Crippen LogP contribution in [0.25, 0.3) is 16.3 Å². The van der Waals surface area contributed by atoms with Crippen molar-refractivity contribution < 1.29 is 20.1 Å². The number of ether oxygens (including phenoxy) is 1. The van der Waals surface area contributed by atoms with Gasteiger partial charge in [-0.2, -0.15) is 0 Å². The molecular weight excluding hydrogens is 452 g/mol. The minimum absolute atomic E-state index is 0.101. The molecule has 0 amide bonds. The SMILES string of the molecule is CN(C)[C@H]1C[C@@]23CC[C@]4(O2)C2CC=C(c5cccc6cnccc56)[C@@]2(C)CCC4(O)CC3[C@@H](O)[C@@H]1O. The second-order valence-electron chi connectivity index (χ2n) is 12.8. The number of allylic oxidation sites excluding steroid dienone is 2. The van der Waals surface area contributed by atoms with E-state index in [2.05, 4.69) is 42.2 Å². The van der Waals surface area contributed by atoms with Gasteiger partial charge in [0.25, 0.3) is 0 Å². The van der Waals surface area contributed by atoms with Crippen LogP contribution in [-0.2, 0) is 4.74 Å². The summed E-state index contributed by atoms with van der Waals surface area (Å²) in [6.07, 6.45) is 9.75. The van der Waals surface area contributed by atoms with E-state index >= 15 is 0 Å². The van der Waals surface area contributed by atoms with Crippen molar-refractivity contribution in [1.29, 1.82) is 0 Å². The van der Waals surface area contributed by atoms with Crippen LogP contribution in [0, 0.1) is 17.3 Å². The first-order valence-electron chi connectivity index (χ1n) is 13.6. The highest BCUT2D eigenvalue weighted by Crippen LogP contribution is 2.72. The number of hydrogen-bond donors (Lipinski definition) is 3. The Bertz CT molecular complexity index is 1260. The predicted octanol–water partition coefficient (Wildman–Crippen LogP) is 3.53. The van der Waals surface area contributed by atoms with Crippen molar-refractivity contribution >= 4 is 16.3 Å². The zero-order valence-electron chi connectivity index (χ0n) is 21.5. The maximum Gasteiger partial charge on any atom is 0.102 e. The first-order chi connectivity index (χ1) is 17.1. The summed E-state index contributed by atoms with van der Waals surface area (Å²) in [5.74, 6) is -0.0638. The number of rotatable bonds is 2.